The van der Waals surface area contributed by atoms with E-state index in [2.05, 4.69) is 0 Å². The molecule has 0 saturated heterocycles. The molecule has 0 fully saturated rings. The second-order valence-corrected chi connectivity index (χ2v) is 4.63. The van der Waals surface area contributed by atoms with Crippen LogP contribution in [0.4, 0.5) is 0 Å². The van der Waals surface area contributed by atoms with Gasteiger partial charge in [0.05, 0.1) is 18.9 Å². The van der Waals surface area contributed by atoms with E-state index in [0.29, 0.717) is 5.56 Å². The van der Waals surface area contributed by atoms with E-state index in [1.807, 2.05) is 19.9 Å². The van der Waals surface area contributed by atoms with E-state index in [1.54, 1.807) is 18.2 Å². The van der Waals surface area contributed by atoms with Gasteiger partial charge in [0.15, 0.2) is 0 Å². The molecule has 0 amide bonds. The van der Waals surface area contributed by atoms with Gasteiger partial charge >= 0.3 is 11.9 Å². The Kier molecular flexibility index (Phi) is 4.28. The molecular weight excluding hydrogens is 246 g/mol. The lowest BCUT2D eigenvalue weighted by Crippen LogP contribution is -2.31. The number of benzene rings is 1. The summed E-state index contributed by atoms with van der Waals surface area (Å²) >= 11 is 0. The lowest BCUT2D eigenvalue weighted by atomic mass is 9.75. The predicted octanol–water partition coefficient (Wildman–Crippen LogP) is 2.01. The van der Waals surface area contributed by atoms with Crippen LogP contribution in [0.1, 0.15) is 29.5 Å². The molecule has 0 saturated carbocycles. The quantitative estimate of drug-likeness (QED) is 0.844. The van der Waals surface area contributed by atoms with E-state index >= 15 is 0 Å². The lowest BCUT2D eigenvalue weighted by Gasteiger charge is -2.24. The number of aliphatic carboxylic acids is 2. The normalized spacial score (nSPS) is 10.8. The third-order valence-corrected chi connectivity index (χ3v) is 3.18. The van der Waals surface area contributed by atoms with Gasteiger partial charge in [0, 0.05) is 0 Å². The summed E-state index contributed by atoms with van der Waals surface area (Å²) in [4.78, 5) is 21.9. The van der Waals surface area contributed by atoms with E-state index in [4.69, 9.17) is 10.2 Å². The first kappa shape index (κ1) is 14.7. The Morgan fingerprint density at radius 3 is 2.05 bits per heavy atom. The van der Waals surface area contributed by atoms with Crippen molar-refractivity contribution in [1.82, 2.24) is 0 Å². The van der Waals surface area contributed by atoms with Gasteiger partial charge in [-0.3, -0.25) is 9.59 Å². The minimum atomic E-state index is -1.53. The monoisotopic (exact) mass is 261 g/mol. The maximum atomic E-state index is 10.9. The number of hydrogen-bond donors (Lipinski definition) is 2. The van der Waals surface area contributed by atoms with Crippen LogP contribution in [0.3, 0.4) is 0 Å². The molecule has 5 heteroatoms. The van der Waals surface area contributed by atoms with E-state index in [1.165, 1.54) is 0 Å². The molecule has 1 aromatic rings. The van der Waals surface area contributed by atoms with Gasteiger partial charge in [0.25, 0.3) is 0 Å². The van der Waals surface area contributed by atoms with Crippen LogP contribution in [0.25, 0.3) is 0 Å². The van der Waals surface area contributed by atoms with E-state index < -0.39 is 30.2 Å². The molecular formula is C14H15NO4. The largest absolute Gasteiger partial charge is 0.481 e. The Labute approximate surface area is 111 Å². The molecule has 0 spiro atoms. The molecule has 5 nitrogen and oxygen atoms in total. The molecule has 0 aliphatic carbocycles. The molecule has 0 bridgehead atoms. The van der Waals surface area contributed by atoms with Gasteiger partial charge in [-0.1, -0.05) is 18.2 Å². The van der Waals surface area contributed by atoms with Crippen molar-refractivity contribution in [3.63, 3.8) is 0 Å². The van der Waals surface area contributed by atoms with Crippen molar-refractivity contribution in [1.29, 1.82) is 5.26 Å². The van der Waals surface area contributed by atoms with Gasteiger partial charge in [0.2, 0.25) is 0 Å². The zero-order chi connectivity index (χ0) is 14.6. The summed E-state index contributed by atoms with van der Waals surface area (Å²) in [6, 6.07) is 6.95. The van der Waals surface area contributed by atoms with Gasteiger partial charge in [-0.25, -0.2) is 0 Å². The molecule has 1 rings (SSSR count). The average molecular weight is 261 g/mol. The van der Waals surface area contributed by atoms with Crippen LogP contribution < -0.4 is 0 Å². The molecule has 0 aliphatic heterocycles. The Balaban J connectivity index is 3.36. The van der Waals surface area contributed by atoms with Crippen LogP contribution >= 0.6 is 0 Å². The smallest absolute Gasteiger partial charge is 0.305 e. The maximum Gasteiger partial charge on any atom is 0.305 e. The standard InChI is InChI=1S/C14H15NO4/c1-9-3-4-11(5-10(9)2)14(8-15,6-12(16)17)7-13(18)19/h3-5H,6-7H2,1-2H3,(H,16,17)(H,18,19). The summed E-state index contributed by atoms with van der Waals surface area (Å²) in [6.45, 7) is 3.73. The highest BCUT2D eigenvalue weighted by molar-refractivity contribution is 5.75. The molecule has 0 radical (unpaired) electrons. The van der Waals surface area contributed by atoms with E-state index in [9.17, 15) is 14.9 Å². The number of hydrogen-bond acceptors (Lipinski definition) is 3. The fraction of sp³-hybridized carbons (Fsp3) is 0.357. The molecule has 1 aromatic carbocycles. The lowest BCUT2D eigenvalue weighted by molar-refractivity contribution is -0.140. The Morgan fingerprint density at radius 1 is 1.16 bits per heavy atom. The minimum Gasteiger partial charge on any atom is -0.481 e. The summed E-state index contributed by atoms with van der Waals surface area (Å²) in [5.74, 6) is -2.39. The summed E-state index contributed by atoms with van der Waals surface area (Å²) in [5.41, 5.74) is 0.799. The van der Waals surface area contributed by atoms with Crippen LogP contribution in [-0.2, 0) is 15.0 Å². The molecule has 0 unspecified atom stereocenters. The van der Waals surface area contributed by atoms with Gasteiger partial charge < -0.3 is 10.2 Å². The van der Waals surface area contributed by atoms with E-state index in [0.717, 1.165) is 11.1 Å². The second-order valence-electron chi connectivity index (χ2n) is 4.63. The fourth-order valence-electron chi connectivity index (χ4n) is 1.97. The molecule has 0 atom stereocenters. The second kappa shape index (κ2) is 5.53. The van der Waals surface area contributed by atoms with Crippen molar-refractivity contribution in [3.05, 3.63) is 34.9 Å². The zero-order valence-corrected chi connectivity index (χ0v) is 10.8. The van der Waals surface area contributed by atoms with Crippen LogP contribution in [0.2, 0.25) is 0 Å². The number of aryl methyl sites for hydroxylation is 2. The van der Waals surface area contributed by atoms with Crippen LogP contribution in [-0.4, -0.2) is 22.2 Å². The van der Waals surface area contributed by atoms with Crippen LogP contribution in [0, 0.1) is 25.2 Å². The topological polar surface area (TPSA) is 98.4 Å². The number of rotatable bonds is 5. The number of nitriles is 1. The summed E-state index contributed by atoms with van der Waals surface area (Å²) in [6.07, 6.45) is -1.06. The SMILES string of the molecule is Cc1ccc(C(C#N)(CC(=O)O)CC(=O)O)cc1C. The van der Waals surface area contributed by atoms with Crippen molar-refractivity contribution in [2.45, 2.75) is 32.1 Å². The third-order valence-electron chi connectivity index (χ3n) is 3.18. The number of carbonyl (C=O) groups is 2. The first-order valence-corrected chi connectivity index (χ1v) is 5.73. The number of carboxylic acid groups (broad SMARTS) is 2. The summed E-state index contributed by atoms with van der Waals surface area (Å²) in [7, 11) is 0. The molecule has 2 N–H and O–H groups in total. The maximum absolute atomic E-state index is 10.9. The van der Waals surface area contributed by atoms with Crippen LogP contribution in [0.15, 0.2) is 18.2 Å². The van der Waals surface area contributed by atoms with Gasteiger partial charge in [0.1, 0.15) is 5.41 Å². The molecule has 100 valence electrons. The minimum absolute atomic E-state index is 0.433. The first-order chi connectivity index (χ1) is 8.80. The van der Waals surface area contributed by atoms with Crippen molar-refractivity contribution in [2.24, 2.45) is 0 Å². The van der Waals surface area contributed by atoms with Crippen molar-refractivity contribution >= 4 is 11.9 Å². The van der Waals surface area contributed by atoms with Gasteiger partial charge in [-0.2, -0.15) is 5.26 Å². The van der Waals surface area contributed by atoms with Crippen molar-refractivity contribution in [2.75, 3.05) is 0 Å². The zero-order valence-electron chi connectivity index (χ0n) is 10.8. The molecule has 0 heterocycles. The first-order valence-electron chi connectivity index (χ1n) is 5.73. The number of carboxylic acids is 2. The van der Waals surface area contributed by atoms with Crippen molar-refractivity contribution in [3.8, 4) is 6.07 Å². The molecule has 0 aromatic heterocycles. The summed E-state index contributed by atoms with van der Waals surface area (Å²) in [5, 5.41) is 27.2. The van der Waals surface area contributed by atoms with Crippen LogP contribution in [0.5, 0.6) is 0 Å². The number of nitrogens with zero attached hydrogens (tertiary/aromatic N) is 1. The van der Waals surface area contributed by atoms with E-state index in [-0.39, 0.29) is 0 Å². The molecule has 0 aliphatic rings. The highest BCUT2D eigenvalue weighted by Gasteiger charge is 2.37. The molecule has 19 heavy (non-hydrogen) atoms. The van der Waals surface area contributed by atoms with Crippen molar-refractivity contribution < 1.29 is 19.8 Å². The summed E-state index contributed by atoms with van der Waals surface area (Å²) < 4.78 is 0. The van der Waals surface area contributed by atoms with Gasteiger partial charge in [-0.05, 0) is 30.5 Å². The average Bonchev–Trinajstić information content (AvgIpc) is 2.30. The third kappa shape index (κ3) is 3.32. The highest BCUT2D eigenvalue weighted by atomic mass is 16.4. The Morgan fingerprint density at radius 2 is 1.68 bits per heavy atom. The predicted molar refractivity (Wildman–Crippen MR) is 67.7 cm³/mol. The Bertz CT molecular complexity index is 541. The fourth-order valence-corrected chi connectivity index (χ4v) is 1.97. The Hall–Kier alpha value is -2.35. The van der Waals surface area contributed by atoms with Gasteiger partial charge in [-0.15, -0.1) is 0 Å². The highest BCUT2D eigenvalue weighted by Crippen LogP contribution is 2.32.